The van der Waals surface area contributed by atoms with E-state index in [1.54, 1.807) is 24.3 Å². The lowest BCUT2D eigenvalue weighted by molar-refractivity contribution is 0.469. The zero-order valence-corrected chi connectivity index (χ0v) is 12.9. The van der Waals surface area contributed by atoms with Crippen molar-refractivity contribution in [2.45, 2.75) is 18.4 Å². The average molecular weight is 327 g/mol. The van der Waals surface area contributed by atoms with Crippen molar-refractivity contribution in [3.05, 3.63) is 52.5 Å². The number of hydrogen-bond acceptors (Lipinski definition) is 4. The molecule has 0 amide bonds. The third-order valence-electron chi connectivity index (χ3n) is 3.08. The van der Waals surface area contributed by atoms with Crippen LogP contribution in [0.1, 0.15) is 11.1 Å². The lowest BCUT2D eigenvalue weighted by atomic mass is 10.1. The van der Waals surface area contributed by atoms with Crippen molar-refractivity contribution in [3.63, 3.8) is 0 Å². The number of primary sulfonamides is 1. The van der Waals surface area contributed by atoms with E-state index in [0.717, 1.165) is 5.56 Å². The molecule has 0 bridgehead atoms. The minimum Gasteiger partial charge on any atom is -0.506 e. The predicted molar refractivity (Wildman–Crippen MR) is 83.0 cm³/mol. The molecule has 4 N–H and O–H groups in total. The number of halogens is 1. The van der Waals surface area contributed by atoms with Gasteiger partial charge in [0.1, 0.15) is 5.75 Å². The molecule has 2 rings (SSSR count). The number of aryl methyl sites for hydroxylation is 1. The summed E-state index contributed by atoms with van der Waals surface area (Å²) in [5, 5.41) is 18.3. The summed E-state index contributed by atoms with van der Waals surface area (Å²) in [6, 6.07) is 9.63. The molecule has 0 heterocycles. The Labute approximate surface area is 128 Å². The molecule has 2 aromatic rings. The van der Waals surface area contributed by atoms with E-state index in [-0.39, 0.29) is 15.7 Å². The van der Waals surface area contributed by atoms with Gasteiger partial charge in [-0.25, -0.2) is 13.6 Å². The highest BCUT2D eigenvalue weighted by Gasteiger charge is 2.11. The van der Waals surface area contributed by atoms with Crippen molar-refractivity contribution in [2.24, 2.45) is 5.14 Å². The monoisotopic (exact) mass is 326 g/mol. The number of phenols is 1. The molecule has 0 saturated carbocycles. The van der Waals surface area contributed by atoms with Gasteiger partial charge in [-0.15, -0.1) is 0 Å². The summed E-state index contributed by atoms with van der Waals surface area (Å²) in [4.78, 5) is 0.0333. The molecule has 7 heteroatoms. The number of anilines is 1. The Morgan fingerprint density at radius 3 is 2.67 bits per heavy atom. The predicted octanol–water partition coefficient (Wildman–Crippen LogP) is 2.61. The minimum atomic E-state index is -3.75. The smallest absolute Gasteiger partial charge is 0.238 e. The Morgan fingerprint density at radius 1 is 1.29 bits per heavy atom. The molecule has 21 heavy (non-hydrogen) atoms. The molecule has 0 saturated heterocycles. The number of phenolic OH excluding ortho intramolecular Hbond substituents is 1. The van der Waals surface area contributed by atoms with Crippen molar-refractivity contribution in [1.82, 2.24) is 0 Å². The van der Waals surface area contributed by atoms with Crippen LogP contribution in [-0.4, -0.2) is 13.5 Å². The molecule has 0 fully saturated rings. The van der Waals surface area contributed by atoms with Crippen LogP contribution in [0.4, 0.5) is 5.69 Å². The van der Waals surface area contributed by atoms with Gasteiger partial charge in [-0.2, -0.15) is 0 Å². The fraction of sp³-hybridized carbons (Fsp3) is 0.143. The summed E-state index contributed by atoms with van der Waals surface area (Å²) in [6.07, 6.45) is 0. The highest BCUT2D eigenvalue weighted by molar-refractivity contribution is 7.89. The van der Waals surface area contributed by atoms with E-state index in [0.29, 0.717) is 17.8 Å². The van der Waals surface area contributed by atoms with Crippen LogP contribution < -0.4 is 10.5 Å². The Bertz CT molecular complexity index is 776. The van der Waals surface area contributed by atoms with Crippen LogP contribution in [0, 0.1) is 6.92 Å². The molecule has 0 aliphatic carbocycles. The van der Waals surface area contributed by atoms with E-state index in [9.17, 15) is 13.5 Å². The zero-order chi connectivity index (χ0) is 15.6. The van der Waals surface area contributed by atoms with Crippen molar-refractivity contribution < 1.29 is 13.5 Å². The number of benzene rings is 2. The molecule has 0 atom stereocenters. The highest BCUT2D eigenvalue weighted by Crippen LogP contribution is 2.28. The molecular formula is C14H15ClN2O3S. The molecule has 0 radical (unpaired) electrons. The van der Waals surface area contributed by atoms with Gasteiger partial charge in [-0.3, -0.25) is 0 Å². The van der Waals surface area contributed by atoms with Crippen LogP contribution in [0.15, 0.2) is 41.3 Å². The standard InChI is InChI=1S/C14H15ClN2O3S/c1-9-5-6-11(21(16,19)20)7-13(9)17-8-10-3-2-4-12(15)14(10)18/h2-7,17-18H,8H2,1H3,(H2,16,19,20). The van der Waals surface area contributed by atoms with E-state index in [1.807, 2.05) is 6.92 Å². The second kappa shape index (κ2) is 5.93. The summed E-state index contributed by atoms with van der Waals surface area (Å²) in [7, 11) is -3.75. The van der Waals surface area contributed by atoms with Crippen molar-refractivity contribution in [2.75, 3.05) is 5.32 Å². The van der Waals surface area contributed by atoms with Gasteiger partial charge in [0, 0.05) is 17.8 Å². The molecule has 2 aromatic carbocycles. The zero-order valence-electron chi connectivity index (χ0n) is 11.3. The topological polar surface area (TPSA) is 92.4 Å². The van der Waals surface area contributed by atoms with E-state index in [2.05, 4.69) is 5.32 Å². The largest absolute Gasteiger partial charge is 0.506 e. The maximum Gasteiger partial charge on any atom is 0.238 e. The van der Waals surface area contributed by atoms with Crippen LogP contribution in [0.5, 0.6) is 5.75 Å². The van der Waals surface area contributed by atoms with Crippen LogP contribution in [0.2, 0.25) is 5.02 Å². The lowest BCUT2D eigenvalue weighted by Gasteiger charge is -2.12. The van der Waals surface area contributed by atoms with E-state index >= 15 is 0 Å². The van der Waals surface area contributed by atoms with Gasteiger partial charge in [0.25, 0.3) is 0 Å². The number of rotatable bonds is 4. The van der Waals surface area contributed by atoms with Crippen molar-refractivity contribution in [1.29, 1.82) is 0 Å². The number of hydrogen-bond donors (Lipinski definition) is 3. The van der Waals surface area contributed by atoms with Crippen LogP contribution in [0.25, 0.3) is 0 Å². The van der Waals surface area contributed by atoms with Crippen molar-refractivity contribution in [3.8, 4) is 5.75 Å². The van der Waals surface area contributed by atoms with Gasteiger partial charge < -0.3 is 10.4 Å². The number of nitrogens with one attached hydrogen (secondary N) is 1. The maximum atomic E-state index is 11.4. The van der Waals surface area contributed by atoms with Crippen molar-refractivity contribution >= 4 is 27.3 Å². The first-order valence-corrected chi connectivity index (χ1v) is 8.05. The van der Waals surface area contributed by atoms with Gasteiger partial charge in [0.2, 0.25) is 10.0 Å². The second-order valence-corrected chi connectivity index (χ2v) is 6.59. The first-order valence-electron chi connectivity index (χ1n) is 6.12. The van der Waals surface area contributed by atoms with Gasteiger partial charge in [-0.05, 0) is 30.7 Å². The summed E-state index contributed by atoms with van der Waals surface area (Å²) in [5.41, 5.74) is 2.10. The van der Waals surface area contributed by atoms with Gasteiger partial charge in [0.05, 0.1) is 9.92 Å². The fourth-order valence-corrected chi connectivity index (χ4v) is 2.60. The summed E-state index contributed by atoms with van der Waals surface area (Å²) < 4.78 is 22.7. The van der Waals surface area contributed by atoms with Crippen LogP contribution in [0.3, 0.4) is 0 Å². The number of nitrogens with two attached hydrogens (primary N) is 1. The second-order valence-electron chi connectivity index (χ2n) is 4.62. The van der Waals surface area contributed by atoms with E-state index < -0.39 is 10.0 Å². The molecule has 0 aromatic heterocycles. The maximum absolute atomic E-state index is 11.4. The van der Waals surface area contributed by atoms with Gasteiger partial charge in [-0.1, -0.05) is 29.8 Å². The third kappa shape index (κ3) is 3.66. The van der Waals surface area contributed by atoms with Gasteiger partial charge in [0.15, 0.2) is 0 Å². The lowest BCUT2D eigenvalue weighted by Crippen LogP contribution is -2.13. The quantitative estimate of drug-likeness (QED) is 0.805. The molecule has 5 nitrogen and oxygen atoms in total. The normalized spacial score (nSPS) is 11.4. The van der Waals surface area contributed by atoms with E-state index in [1.165, 1.54) is 12.1 Å². The summed E-state index contributed by atoms with van der Waals surface area (Å²) in [5.74, 6) is 0.00641. The Hall–Kier alpha value is -1.76. The first-order chi connectivity index (χ1) is 9.79. The average Bonchev–Trinajstić information content (AvgIpc) is 2.40. The number of sulfonamides is 1. The number of aromatic hydroxyl groups is 1. The summed E-state index contributed by atoms with van der Waals surface area (Å²) >= 11 is 5.84. The minimum absolute atomic E-state index is 0.00641. The first kappa shape index (κ1) is 15.6. The van der Waals surface area contributed by atoms with Crippen LogP contribution in [-0.2, 0) is 16.6 Å². The SMILES string of the molecule is Cc1ccc(S(N)(=O)=O)cc1NCc1cccc(Cl)c1O. The highest BCUT2D eigenvalue weighted by atomic mass is 35.5. The fourth-order valence-electron chi connectivity index (χ4n) is 1.86. The molecule has 0 spiro atoms. The Morgan fingerprint density at radius 2 is 2.00 bits per heavy atom. The summed E-state index contributed by atoms with van der Waals surface area (Å²) in [6.45, 7) is 2.15. The molecular weight excluding hydrogens is 312 g/mol. The van der Waals surface area contributed by atoms with Gasteiger partial charge >= 0.3 is 0 Å². The molecule has 0 unspecified atom stereocenters. The molecule has 112 valence electrons. The van der Waals surface area contributed by atoms with Crippen LogP contribution >= 0.6 is 11.6 Å². The number of para-hydroxylation sites is 1. The molecule has 0 aliphatic heterocycles. The Kier molecular flexibility index (Phi) is 4.41. The third-order valence-corrected chi connectivity index (χ3v) is 4.29. The Balaban J connectivity index is 2.26. The molecule has 0 aliphatic rings. The van der Waals surface area contributed by atoms with E-state index in [4.69, 9.17) is 16.7 Å².